The molecule has 2 unspecified atom stereocenters. The Kier molecular flexibility index (Phi) is 6.92. The summed E-state index contributed by atoms with van der Waals surface area (Å²) in [5.74, 6) is 0. The lowest BCUT2D eigenvalue weighted by Crippen LogP contribution is -2.39. The molecule has 0 spiro atoms. The van der Waals surface area contributed by atoms with Crippen molar-refractivity contribution >= 4 is 10.0 Å². The molecule has 0 radical (unpaired) electrons. The van der Waals surface area contributed by atoms with Crippen molar-refractivity contribution in [1.82, 2.24) is 4.72 Å². The summed E-state index contributed by atoms with van der Waals surface area (Å²) in [6.07, 6.45) is -11.0. The van der Waals surface area contributed by atoms with E-state index in [1.807, 2.05) is 0 Å². The van der Waals surface area contributed by atoms with E-state index < -0.39 is 46.5 Å². The lowest BCUT2D eigenvalue weighted by Gasteiger charge is -2.27. The highest BCUT2D eigenvalue weighted by Gasteiger charge is 2.38. The molecule has 11 heteroatoms. The van der Waals surface area contributed by atoms with Crippen LogP contribution in [0.2, 0.25) is 0 Å². The second-order valence-corrected chi connectivity index (χ2v) is 9.45. The average molecular weight is 481 g/mol. The SMILES string of the molecule is O=S(=O)(NC1CCc2c(CCC(O)C(F)(F)F)cccc2C1)c1ccc(C(F)(F)F)cc1. The van der Waals surface area contributed by atoms with Gasteiger partial charge in [-0.3, -0.25) is 0 Å². The van der Waals surface area contributed by atoms with Crippen LogP contribution in [0, 0.1) is 0 Å². The van der Waals surface area contributed by atoms with E-state index in [0.717, 1.165) is 23.3 Å². The van der Waals surface area contributed by atoms with Gasteiger partial charge in [0.25, 0.3) is 0 Å². The Morgan fingerprint density at radius 2 is 1.69 bits per heavy atom. The number of hydrogen-bond acceptors (Lipinski definition) is 3. The van der Waals surface area contributed by atoms with Crippen molar-refractivity contribution in [3.63, 3.8) is 0 Å². The number of sulfonamides is 1. The van der Waals surface area contributed by atoms with Gasteiger partial charge in [0.2, 0.25) is 10.0 Å². The molecular weight excluding hydrogens is 460 g/mol. The molecule has 0 saturated heterocycles. The normalized spacial score (nSPS) is 18.3. The predicted molar refractivity (Wildman–Crippen MR) is 104 cm³/mol. The molecule has 0 saturated carbocycles. The summed E-state index contributed by atoms with van der Waals surface area (Å²) in [4.78, 5) is -0.286. The summed E-state index contributed by atoms with van der Waals surface area (Å²) in [5.41, 5.74) is 1.35. The Balaban J connectivity index is 1.69. The second-order valence-electron chi connectivity index (χ2n) is 7.73. The molecule has 0 aromatic heterocycles. The monoisotopic (exact) mass is 481 g/mol. The summed E-state index contributed by atoms with van der Waals surface area (Å²) in [5, 5.41) is 9.23. The maximum atomic E-state index is 12.7. The quantitative estimate of drug-likeness (QED) is 0.602. The summed E-state index contributed by atoms with van der Waals surface area (Å²) in [6, 6.07) is 7.80. The van der Waals surface area contributed by atoms with Crippen LogP contribution in [0.1, 0.15) is 35.1 Å². The number of hydrogen-bond donors (Lipinski definition) is 2. The first-order valence-electron chi connectivity index (χ1n) is 9.81. The Labute approximate surface area is 181 Å². The maximum Gasteiger partial charge on any atom is 0.416 e. The van der Waals surface area contributed by atoms with E-state index in [4.69, 9.17) is 0 Å². The van der Waals surface area contributed by atoms with Crippen LogP contribution < -0.4 is 4.72 Å². The van der Waals surface area contributed by atoms with Gasteiger partial charge in [0.15, 0.2) is 0 Å². The van der Waals surface area contributed by atoms with Gasteiger partial charge in [-0.25, -0.2) is 13.1 Å². The molecule has 3 rings (SSSR count). The molecule has 0 heterocycles. The molecule has 0 fully saturated rings. The molecule has 2 N–H and O–H groups in total. The number of nitrogens with one attached hydrogen (secondary N) is 1. The molecule has 2 aromatic rings. The van der Waals surface area contributed by atoms with Gasteiger partial charge in [0, 0.05) is 6.04 Å². The van der Waals surface area contributed by atoms with Crippen molar-refractivity contribution in [1.29, 1.82) is 0 Å². The molecule has 2 aromatic carbocycles. The standard InChI is InChI=1S/C21H21F6NO3S/c22-20(23,24)15-5-8-17(9-6-15)32(30,31)28-16-7-10-18-13(2-1-3-14(18)12-16)4-11-19(29)21(25,26)27/h1-3,5-6,8-9,16,19,28-29H,4,7,10-12H2. The van der Waals surface area contributed by atoms with Gasteiger partial charge in [0.05, 0.1) is 10.5 Å². The molecule has 0 aliphatic heterocycles. The number of halogens is 6. The second kappa shape index (κ2) is 9.03. The van der Waals surface area contributed by atoms with Crippen molar-refractivity contribution in [3.8, 4) is 0 Å². The minimum absolute atomic E-state index is 0.0335. The molecule has 0 bridgehead atoms. The number of benzene rings is 2. The Bertz CT molecular complexity index is 1050. The summed E-state index contributed by atoms with van der Waals surface area (Å²) in [7, 11) is -4.05. The number of aryl methyl sites for hydroxylation is 1. The minimum atomic E-state index is -4.68. The van der Waals surface area contributed by atoms with Crippen LogP contribution in [0.15, 0.2) is 47.4 Å². The zero-order valence-electron chi connectivity index (χ0n) is 16.7. The summed E-state index contributed by atoms with van der Waals surface area (Å²) < 4.78 is 103. The van der Waals surface area contributed by atoms with E-state index >= 15 is 0 Å². The van der Waals surface area contributed by atoms with Gasteiger partial charge in [-0.15, -0.1) is 0 Å². The third kappa shape index (κ3) is 5.81. The molecular formula is C21H21F6NO3S. The van der Waals surface area contributed by atoms with Crippen molar-refractivity contribution in [2.45, 2.75) is 61.5 Å². The van der Waals surface area contributed by atoms with Crippen molar-refractivity contribution < 1.29 is 39.9 Å². The Morgan fingerprint density at radius 1 is 1.03 bits per heavy atom. The highest BCUT2D eigenvalue weighted by molar-refractivity contribution is 7.89. The first kappa shape index (κ1) is 24.5. The molecule has 32 heavy (non-hydrogen) atoms. The fraction of sp³-hybridized carbons (Fsp3) is 0.429. The van der Waals surface area contributed by atoms with Crippen LogP contribution in [0.5, 0.6) is 0 Å². The van der Waals surface area contributed by atoms with Crippen molar-refractivity contribution in [3.05, 3.63) is 64.7 Å². The molecule has 0 amide bonds. The fourth-order valence-corrected chi connectivity index (χ4v) is 5.06. The number of alkyl halides is 6. The molecule has 2 atom stereocenters. The van der Waals surface area contributed by atoms with Crippen LogP contribution in [-0.4, -0.2) is 31.8 Å². The van der Waals surface area contributed by atoms with Crippen molar-refractivity contribution in [2.75, 3.05) is 0 Å². The third-order valence-electron chi connectivity index (χ3n) is 5.46. The van der Waals surface area contributed by atoms with Gasteiger partial charge in [-0.05, 0) is 73.1 Å². The smallest absolute Gasteiger partial charge is 0.384 e. The van der Waals surface area contributed by atoms with Crippen LogP contribution in [0.3, 0.4) is 0 Å². The number of fused-ring (bicyclic) bond motifs is 1. The van der Waals surface area contributed by atoms with E-state index in [2.05, 4.69) is 4.72 Å². The zero-order chi connectivity index (χ0) is 23.7. The number of aliphatic hydroxyl groups excluding tert-OH is 1. The Hall–Kier alpha value is -2.11. The van der Waals surface area contributed by atoms with Gasteiger partial charge < -0.3 is 5.11 Å². The van der Waals surface area contributed by atoms with E-state index in [1.165, 1.54) is 0 Å². The average Bonchev–Trinajstić information content (AvgIpc) is 2.70. The van der Waals surface area contributed by atoms with Crippen LogP contribution >= 0.6 is 0 Å². The first-order chi connectivity index (χ1) is 14.8. The van der Waals surface area contributed by atoms with Gasteiger partial charge in [0.1, 0.15) is 6.10 Å². The molecule has 176 valence electrons. The fourth-order valence-electron chi connectivity index (χ4n) is 3.79. The van der Waals surface area contributed by atoms with Crippen LogP contribution in [-0.2, 0) is 35.5 Å². The Morgan fingerprint density at radius 3 is 2.28 bits per heavy atom. The topological polar surface area (TPSA) is 66.4 Å². The zero-order valence-corrected chi connectivity index (χ0v) is 17.5. The lowest BCUT2D eigenvalue weighted by atomic mass is 9.84. The predicted octanol–water partition coefficient (Wildman–Crippen LogP) is 4.40. The maximum absolute atomic E-state index is 12.7. The van der Waals surface area contributed by atoms with Crippen LogP contribution in [0.4, 0.5) is 26.3 Å². The van der Waals surface area contributed by atoms with Crippen LogP contribution in [0.25, 0.3) is 0 Å². The van der Waals surface area contributed by atoms with E-state index in [0.29, 0.717) is 37.0 Å². The lowest BCUT2D eigenvalue weighted by molar-refractivity contribution is -0.205. The highest BCUT2D eigenvalue weighted by atomic mass is 32.2. The van der Waals surface area contributed by atoms with Gasteiger partial charge >= 0.3 is 12.4 Å². The van der Waals surface area contributed by atoms with E-state index in [-0.39, 0.29) is 11.3 Å². The highest BCUT2D eigenvalue weighted by Crippen LogP contribution is 2.31. The number of rotatable bonds is 6. The van der Waals surface area contributed by atoms with E-state index in [1.54, 1.807) is 18.2 Å². The third-order valence-corrected chi connectivity index (χ3v) is 6.99. The van der Waals surface area contributed by atoms with Gasteiger partial charge in [-0.1, -0.05) is 18.2 Å². The number of aliphatic hydroxyl groups is 1. The van der Waals surface area contributed by atoms with Gasteiger partial charge in [-0.2, -0.15) is 26.3 Å². The largest absolute Gasteiger partial charge is 0.416 e. The molecule has 1 aliphatic rings. The summed E-state index contributed by atoms with van der Waals surface area (Å²) in [6.45, 7) is 0. The first-order valence-corrected chi connectivity index (χ1v) is 11.3. The van der Waals surface area contributed by atoms with E-state index in [9.17, 15) is 39.9 Å². The molecule has 4 nitrogen and oxygen atoms in total. The summed E-state index contributed by atoms with van der Waals surface area (Å²) >= 11 is 0. The minimum Gasteiger partial charge on any atom is -0.384 e. The van der Waals surface area contributed by atoms with Crippen molar-refractivity contribution in [2.24, 2.45) is 0 Å². The molecule has 1 aliphatic carbocycles.